The van der Waals surface area contributed by atoms with Crippen molar-refractivity contribution in [2.24, 2.45) is 5.73 Å². The first-order chi connectivity index (χ1) is 5.62. The number of nitrogens with one attached hydrogen (secondary N) is 1. The number of carbonyl (C=O) groups excluding carboxylic acids is 1. The van der Waals surface area contributed by atoms with Crippen LogP contribution in [0.2, 0.25) is 0 Å². The Morgan fingerprint density at radius 3 is 2.75 bits per heavy atom. The van der Waals surface area contributed by atoms with Crippen molar-refractivity contribution in [3.8, 4) is 0 Å². The lowest BCUT2D eigenvalue weighted by atomic mass is 9.95. The SMILES string of the molecule is C[C@]1(N)C(=O)Nc2ccccc21. The van der Waals surface area contributed by atoms with Crippen LogP contribution in [-0.4, -0.2) is 5.91 Å². The van der Waals surface area contributed by atoms with Gasteiger partial charge in [-0.3, -0.25) is 4.79 Å². The van der Waals surface area contributed by atoms with E-state index in [-0.39, 0.29) is 5.91 Å². The quantitative estimate of drug-likeness (QED) is 0.593. The molecule has 0 aromatic heterocycles. The van der Waals surface area contributed by atoms with E-state index in [4.69, 9.17) is 5.73 Å². The Balaban J connectivity index is 2.63. The van der Waals surface area contributed by atoms with Crippen LogP contribution in [0.5, 0.6) is 0 Å². The molecule has 0 saturated carbocycles. The maximum absolute atomic E-state index is 11.3. The maximum atomic E-state index is 11.3. The third-order valence-electron chi connectivity index (χ3n) is 2.21. The first-order valence-electron chi connectivity index (χ1n) is 3.82. The molecule has 0 fully saturated rings. The van der Waals surface area contributed by atoms with Gasteiger partial charge in [-0.2, -0.15) is 0 Å². The average molecular weight is 162 g/mol. The van der Waals surface area contributed by atoms with Crippen molar-refractivity contribution in [3.05, 3.63) is 29.8 Å². The number of carbonyl (C=O) groups is 1. The normalized spacial score (nSPS) is 26.7. The summed E-state index contributed by atoms with van der Waals surface area (Å²) in [5.74, 6) is -0.135. The highest BCUT2D eigenvalue weighted by molar-refractivity contribution is 6.05. The Bertz CT molecular complexity index is 344. The number of para-hydroxylation sites is 1. The molecular weight excluding hydrogens is 152 g/mol. The second kappa shape index (κ2) is 2.08. The standard InChI is InChI=1S/C9H10N2O/c1-9(10)6-4-2-3-5-7(6)11-8(9)12/h2-5H,10H2,1H3,(H,11,12)/t9-/m1/s1. The third kappa shape index (κ3) is 0.769. The van der Waals surface area contributed by atoms with E-state index < -0.39 is 5.54 Å². The van der Waals surface area contributed by atoms with Crippen molar-refractivity contribution in [2.75, 3.05) is 5.32 Å². The van der Waals surface area contributed by atoms with Crippen LogP contribution >= 0.6 is 0 Å². The molecule has 0 aliphatic carbocycles. The molecule has 2 rings (SSSR count). The molecule has 1 aliphatic rings. The van der Waals surface area contributed by atoms with E-state index in [9.17, 15) is 4.79 Å². The number of anilines is 1. The lowest BCUT2D eigenvalue weighted by molar-refractivity contribution is -0.120. The molecule has 0 spiro atoms. The summed E-state index contributed by atoms with van der Waals surface area (Å²) in [6, 6.07) is 7.48. The van der Waals surface area contributed by atoms with Crippen molar-refractivity contribution in [1.29, 1.82) is 0 Å². The summed E-state index contributed by atoms with van der Waals surface area (Å²) in [7, 11) is 0. The van der Waals surface area contributed by atoms with Gasteiger partial charge in [0.15, 0.2) is 0 Å². The first-order valence-corrected chi connectivity index (χ1v) is 3.82. The van der Waals surface area contributed by atoms with Gasteiger partial charge in [-0.05, 0) is 13.0 Å². The number of amides is 1. The number of fused-ring (bicyclic) bond motifs is 1. The molecule has 0 bridgehead atoms. The highest BCUT2D eigenvalue weighted by atomic mass is 16.2. The molecule has 0 radical (unpaired) electrons. The molecule has 1 aliphatic heterocycles. The minimum atomic E-state index is -0.864. The molecule has 62 valence electrons. The zero-order valence-corrected chi connectivity index (χ0v) is 6.79. The van der Waals surface area contributed by atoms with Gasteiger partial charge in [0.25, 0.3) is 0 Å². The van der Waals surface area contributed by atoms with Crippen molar-refractivity contribution in [2.45, 2.75) is 12.5 Å². The van der Waals surface area contributed by atoms with Crippen LogP contribution in [0, 0.1) is 0 Å². The zero-order chi connectivity index (χ0) is 8.77. The molecule has 1 aromatic carbocycles. The molecule has 1 heterocycles. The molecule has 12 heavy (non-hydrogen) atoms. The Kier molecular flexibility index (Phi) is 1.26. The molecule has 0 saturated heterocycles. The van der Waals surface area contributed by atoms with Gasteiger partial charge < -0.3 is 11.1 Å². The Morgan fingerprint density at radius 2 is 2.08 bits per heavy atom. The average Bonchev–Trinajstić information content (AvgIpc) is 2.25. The molecule has 1 aromatic rings. The molecule has 0 unspecified atom stereocenters. The van der Waals surface area contributed by atoms with Crippen LogP contribution in [-0.2, 0) is 10.3 Å². The fraction of sp³-hybridized carbons (Fsp3) is 0.222. The summed E-state index contributed by atoms with van der Waals surface area (Å²) in [5.41, 5.74) is 6.65. The maximum Gasteiger partial charge on any atom is 0.248 e. The van der Waals surface area contributed by atoms with E-state index in [2.05, 4.69) is 5.32 Å². The minimum Gasteiger partial charge on any atom is -0.324 e. The van der Waals surface area contributed by atoms with E-state index in [1.165, 1.54) is 0 Å². The smallest absolute Gasteiger partial charge is 0.248 e. The second-order valence-electron chi connectivity index (χ2n) is 3.20. The van der Waals surface area contributed by atoms with E-state index in [1.54, 1.807) is 6.92 Å². The minimum absolute atomic E-state index is 0.135. The summed E-state index contributed by atoms with van der Waals surface area (Å²) in [4.78, 5) is 11.3. The van der Waals surface area contributed by atoms with Gasteiger partial charge in [0.2, 0.25) is 5.91 Å². The number of hydrogen-bond acceptors (Lipinski definition) is 2. The molecule has 3 heteroatoms. The van der Waals surface area contributed by atoms with E-state index in [0.29, 0.717) is 0 Å². The summed E-state index contributed by atoms with van der Waals surface area (Å²) in [5, 5.41) is 2.72. The zero-order valence-electron chi connectivity index (χ0n) is 6.79. The van der Waals surface area contributed by atoms with E-state index >= 15 is 0 Å². The van der Waals surface area contributed by atoms with Crippen LogP contribution in [0.25, 0.3) is 0 Å². The topological polar surface area (TPSA) is 55.1 Å². The van der Waals surface area contributed by atoms with Crippen molar-refractivity contribution < 1.29 is 4.79 Å². The number of nitrogens with two attached hydrogens (primary N) is 1. The fourth-order valence-electron chi connectivity index (χ4n) is 1.42. The molecule has 3 nitrogen and oxygen atoms in total. The summed E-state index contributed by atoms with van der Waals surface area (Å²) in [6.07, 6.45) is 0. The summed E-state index contributed by atoms with van der Waals surface area (Å²) in [6.45, 7) is 1.72. The van der Waals surface area contributed by atoms with E-state index in [0.717, 1.165) is 11.3 Å². The van der Waals surface area contributed by atoms with Gasteiger partial charge in [-0.25, -0.2) is 0 Å². The van der Waals surface area contributed by atoms with Crippen molar-refractivity contribution >= 4 is 11.6 Å². The predicted octanol–water partition coefficient (Wildman–Crippen LogP) is 0.813. The molecule has 1 atom stereocenters. The fourth-order valence-corrected chi connectivity index (χ4v) is 1.42. The highest BCUT2D eigenvalue weighted by Gasteiger charge is 2.38. The lowest BCUT2D eigenvalue weighted by Gasteiger charge is -2.14. The Hall–Kier alpha value is -1.35. The predicted molar refractivity (Wildman–Crippen MR) is 46.6 cm³/mol. The van der Waals surface area contributed by atoms with Gasteiger partial charge >= 0.3 is 0 Å². The largest absolute Gasteiger partial charge is 0.324 e. The number of hydrogen-bond donors (Lipinski definition) is 2. The van der Waals surface area contributed by atoms with Gasteiger partial charge in [0.1, 0.15) is 5.54 Å². The Labute approximate surface area is 70.6 Å². The second-order valence-corrected chi connectivity index (χ2v) is 3.20. The molecule has 3 N–H and O–H groups in total. The van der Waals surface area contributed by atoms with Crippen LogP contribution in [0.15, 0.2) is 24.3 Å². The van der Waals surface area contributed by atoms with Crippen LogP contribution in [0.3, 0.4) is 0 Å². The van der Waals surface area contributed by atoms with Gasteiger partial charge in [-0.15, -0.1) is 0 Å². The number of rotatable bonds is 0. The highest BCUT2D eigenvalue weighted by Crippen LogP contribution is 2.32. The molecular formula is C9H10N2O. The van der Waals surface area contributed by atoms with E-state index in [1.807, 2.05) is 24.3 Å². The molecule has 1 amide bonds. The van der Waals surface area contributed by atoms with Crippen LogP contribution in [0.4, 0.5) is 5.69 Å². The third-order valence-corrected chi connectivity index (χ3v) is 2.21. The van der Waals surface area contributed by atoms with Crippen LogP contribution < -0.4 is 11.1 Å². The van der Waals surface area contributed by atoms with Crippen molar-refractivity contribution in [3.63, 3.8) is 0 Å². The summed E-state index contributed by atoms with van der Waals surface area (Å²) < 4.78 is 0. The Morgan fingerprint density at radius 1 is 1.42 bits per heavy atom. The summed E-state index contributed by atoms with van der Waals surface area (Å²) >= 11 is 0. The van der Waals surface area contributed by atoms with Gasteiger partial charge in [-0.1, -0.05) is 18.2 Å². The first kappa shape index (κ1) is 7.31. The number of benzene rings is 1. The monoisotopic (exact) mass is 162 g/mol. The van der Waals surface area contributed by atoms with Gasteiger partial charge in [0.05, 0.1) is 0 Å². The van der Waals surface area contributed by atoms with Crippen molar-refractivity contribution in [1.82, 2.24) is 0 Å². The van der Waals surface area contributed by atoms with Crippen LogP contribution in [0.1, 0.15) is 12.5 Å². The van der Waals surface area contributed by atoms with Gasteiger partial charge in [0, 0.05) is 11.3 Å². The lowest BCUT2D eigenvalue weighted by Crippen LogP contribution is -2.40.